The lowest BCUT2D eigenvalue weighted by atomic mass is 9.95. The average molecular weight is 345 g/mol. The van der Waals surface area contributed by atoms with E-state index in [0.29, 0.717) is 11.3 Å². The Hall–Kier alpha value is -2.44. The lowest BCUT2D eigenvalue weighted by molar-refractivity contribution is -0.385. The molecule has 1 N–H and O–H groups in total. The topological polar surface area (TPSA) is 92.6 Å². The second kappa shape index (κ2) is 7.21. The molecule has 1 saturated heterocycles. The van der Waals surface area contributed by atoms with Crippen LogP contribution in [0.5, 0.6) is 0 Å². The van der Waals surface area contributed by atoms with Crippen LogP contribution in [0.15, 0.2) is 18.2 Å². The molecule has 1 aliphatic carbocycles. The molecule has 1 aromatic rings. The third-order valence-electron chi connectivity index (χ3n) is 5.15. The molecule has 1 atom stereocenters. The van der Waals surface area contributed by atoms with Crippen LogP contribution < -0.4 is 10.2 Å². The van der Waals surface area contributed by atoms with Crippen LogP contribution in [0.3, 0.4) is 0 Å². The summed E-state index contributed by atoms with van der Waals surface area (Å²) in [6.07, 6.45) is 5.64. The Morgan fingerprint density at radius 2 is 2.00 bits per heavy atom. The number of amides is 2. The minimum absolute atomic E-state index is 0.0135. The predicted molar refractivity (Wildman–Crippen MR) is 93.3 cm³/mol. The highest BCUT2D eigenvalue weighted by atomic mass is 16.6. The number of rotatable bonds is 4. The first kappa shape index (κ1) is 17.4. The smallest absolute Gasteiger partial charge is 0.274 e. The molecule has 0 spiro atoms. The fourth-order valence-electron chi connectivity index (χ4n) is 3.66. The number of carbonyl (C=O) groups excluding carboxylic acids is 2. The fraction of sp³-hybridized carbons (Fsp3) is 0.556. The van der Waals surface area contributed by atoms with Crippen LogP contribution in [0.4, 0.5) is 11.4 Å². The van der Waals surface area contributed by atoms with Crippen LogP contribution in [0.25, 0.3) is 0 Å². The number of nitro groups is 1. The van der Waals surface area contributed by atoms with E-state index >= 15 is 0 Å². The van der Waals surface area contributed by atoms with Crippen LogP contribution in [-0.4, -0.2) is 29.3 Å². The van der Waals surface area contributed by atoms with Crippen molar-refractivity contribution in [2.75, 3.05) is 11.4 Å². The fourth-order valence-corrected chi connectivity index (χ4v) is 3.66. The van der Waals surface area contributed by atoms with Crippen molar-refractivity contribution in [2.24, 2.45) is 5.92 Å². The second-order valence-corrected chi connectivity index (χ2v) is 6.98. The van der Waals surface area contributed by atoms with Crippen LogP contribution in [-0.2, 0) is 9.59 Å². The summed E-state index contributed by atoms with van der Waals surface area (Å²) in [6, 6.07) is 4.96. The summed E-state index contributed by atoms with van der Waals surface area (Å²) in [4.78, 5) is 36.9. The van der Waals surface area contributed by atoms with Gasteiger partial charge >= 0.3 is 0 Å². The van der Waals surface area contributed by atoms with E-state index < -0.39 is 10.8 Å². The molecular formula is C18H23N3O4. The van der Waals surface area contributed by atoms with E-state index in [1.165, 1.54) is 17.4 Å². The Morgan fingerprint density at radius 1 is 1.28 bits per heavy atom. The van der Waals surface area contributed by atoms with E-state index in [2.05, 4.69) is 5.32 Å². The summed E-state index contributed by atoms with van der Waals surface area (Å²) < 4.78 is 0. The zero-order valence-electron chi connectivity index (χ0n) is 14.4. The van der Waals surface area contributed by atoms with Crippen LogP contribution in [0, 0.1) is 23.0 Å². The Labute approximate surface area is 146 Å². The summed E-state index contributed by atoms with van der Waals surface area (Å²) in [7, 11) is 0. The molecule has 25 heavy (non-hydrogen) atoms. The highest BCUT2D eigenvalue weighted by Crippen LogP contribution is 2.30. The van der Waals surface area contributed by atoms with Crippen LogP contribution >= 0.6 is 0 Å². The molecule has 2 fully saturated rings. The number of hydrogen-bond donors (Lipinski definition) is 1. The molecule has 0 aromatic heterocycles. The van der Waals surface area contributed by atoms with Gasteiger partial charge in [0, 0.05) is 30.6 Å². The number of carbonyl (C=O) groups is 2. The monoisotopic (exact) mass is 345 g/mol. The maximum absolute atomic E-state index is 12.5. The number of nitro benzene ring substituents is 1. The van der Waals surface area contributed by atoms with Crippen molar-refractivity contribution < 1.29 is 14.5 Å². The summed E-state index contributed by atoms with van der Waals surface area (Å²) in [5, 5.41) is 14.2. The highest BCUT2D eigenvalue weighted by molar-refractivity contribution is 6.00. The van der Waals surface area contributed by atoms with Crippen molar-refractivity contribution in [1.82, 2.24) is 5.32 Å². The van der Waals surface area contributed by atoms with E-state index in [0.717, 1.165) is 25.7 Å². The number of hydrogen-bond acceptors (Lipinski definition) is 4. The maximum atomic E-state index is 12.5. The molecule has 1 saturated carbocycles. The van der Waals surface area contributed by atoms with Crippen molar-refractivity contribution in [1.29, 1.82) is 0 Å². The molecule has 134 valence electrons. The molecule has 1 aliphatic heterocycles. The second-order valence-electron chi connectivity index (χ2n) is 6.98. The maximum Gasteiger partial charge on any atom is 0.274 e. The number of nitrogens with one attached hydrogen (secondary N) is 1. The molecule has 2 aliphatic rings. The first-order valence-corrected chi connectivity index (χ1v) is 8.81. The molecule has 1 aromatic carbocycles. The Kier molecular flexibility index (Phi) is 5.01. The zero-order valence-corrected chi connectivity index (χ0v) is 14.4. The third kappa shape index (κ3) is 3.81. The van der Waals surface area contributed by atoms with Crippen LogP contribution in [0.1, 0.15) is 44.1 Å². The molecule has 0 radical (unpaired) electrons. The van der Waals surface area contributed by atoms with Gasteiger partial charge in [0.1, 0.15) is 0 Å². The van der Waals surface area contributed by atoms with Gasteiger partial charge in [0.2, 0.25) is 11.8 Å². The lowest BCUT2D eigenvalue weighted by Crippen LogP contribution is -2.40. The summed E-state index contributed by atoms with van der Waals surface area (Å²) >= 11 is 0. The van der Waals surface area contributed by atoms with Gasteiger partial charge in [-0.2, -0.15) is 0 Å². The molecule has 2 amide bonds. The summed E-state index contributed by atoms with van der Waals surface area (Å²) in [5.41, 5.74) is 1.02. The van der Waals surface area contributed by atoms with Gasteiger partial charge in [-0.05, 0) is 25.8 Å². The normalized spacial score (nSPS) is 21.4. The highest BCUT2D eigenvalue weighted by Gasteiger charge is 2.36. The first-order valence-electron chi connectivity index (χ1n) is 8.81. The quantitative estimate of drug-likeness (QED) is 0.671. The summed E-state index contributed by atoms with van der Waals surface area (Å²) in [5.74, 6) is -0.638. The minimum atomic E-state index is -0.452. The first-order chi connectivity index (χ1) is 12.0. The number of benzene rings is 1. The molecule has 3 rings (SSSR count). The number of aryl methyl sites for hydroxylation is 1. The Balaban J connectivity index is 1.69. The lowest BCUT2D eigenvalue weighted by Gasteiger charge is -2.24. The van der Waals surface area contributed by atoms with Crippen molar-refractivity contribution >= 4 is 23.2 Å². The Bertz CT molecular complexity index is 698. The molecule has 1 heterocycles. The third-order valence-corrected chi connectivity index (χ3v) is 5.15. The molecular weight excluding hydrogens is 322 g/mol. The van der Waals surface area contributed by atoms with E-state index in [1.807, 2.05) is 0 Å². The SMILES string of the molecule is Cc1ccc(N2C[C@@H](C(=O)NC3CCCCC3)CC2=O)cc1[N+](=O)[O-]. The van der Waals surface area contributed by atoms with E-state index in [9.17, 15) is 19.7 Å². The van der Waals surface area contributed by atoms with E-state index in [1.54, 1.807) is 19.1 Å². The zero-order chi connectivity index (χ0) is 18.0. The van der Waals surface area contributed by atoms with Gasteiger partial charge < -0.3 is 10.2 Å². The minimum Gasteiger partial charge on any atom is -0.353 e. The van der Waals surface area contributed by atoms with Crippen molar-refractivity contribution in [2.45, 2.75) is 51.5 Å². The van der Waals surface area contributed by atoms with Crippen LogP contribution in [0.2, 0.25) is 0 Å². The van der Waals surface area contributed by atoms with Gasteiger partial charge in [-0.3, -0.25) is 19.7 Å². The van der Waals surface area contributed by atoms with Gasteiger partial charge in [-0.1, -0.05) is 25.3 Å². The van der Waals surface area contributed by atoms with Crippen molar-refractivity contribution in [3.63, 3.8) is 0 Å². The van der Waals surface area contributed by atoms with Gasteiger partial charge in [0.15, 0.2) is 0 Å². The van der Waals surface area contributed by atoms with Gasteiger partial charge in [-0.25, -0.2) is 0 Å². The molecule has 0 unspecified atom stereocenters. The van der Waals surface area contributed by atoms with Gasteiger partial charge in [-0.15, -0.1) is 0 Å². The standard InChI is InChI=1S/C18H23N3O4/c1-12-7-8-15(10-16(12)21(24)25)20-11-13(9-17(20)22)18(23)19-14-5-3-2-4-6-14/h7-8,10,13-14H,2-6,9,11H2,1H3,(H,19,23)/t13-/m0/s1. The Morgan fingerprint density at radius 3 is 2.68 bits per heavy atom. The van der Waals surface area contributed by atoms with Crippen molar-refractivity contribution in [3.8, 4) is 0 Å². The molecule has 7 heteroatoms. The summed E-state index contributed by atoms with van der Waals surface area (Å²) in [6.45, 7) is 1.94. The predicted octanol–water partition coefficient (Wildman–Crippen LogP) is 2.71. The van der Waals surface area contributed by atoms with Crippen molar-refractivity contribution in [3.05, 3.63) is 33.9 Å². The van der Waals surface area contributed by atoms with Gasteiger partial charge in [0.05, 0.1) is 16.5 Å². The average Bonchev–Trinajstić information content (AvgIpc) is 2.98. The van der Waals surface area contributed by atoms with E-state index in [4.69, 9.17) is 0 Å². The van der Waals surface area contributed by atoms with E-state index in [-0.39, 0.29) is 36.5 Å². The molecule has 0 bridgehead atoms. The number of nitrogens with zero attached hydrogens (tertiary/aromatic N) is 2. The largest absolute Gasteiger partial charge is 0.353 e. The number of anilines is 1. The molecule has 7 nitrogen and oxygen atoms in total. The van der Waals surface area contributed by atoms with Gasteiger partial charge in [0.25, 0.3) is 5.69 Å².